The Kier molecular flexibility index (Phi) is 7.01. The van der Waals surface area contributed by atoms with E-state index in [9.17, 15) is 4.79 Å². The average molecular weight is 294 g/mol. The summed E-state index contributed by atoms with van der Waals surface area (Å²) >= 11 is 0. The number of carbonyl (C=O) groups is 1. The minimum absolute atomic E-state index is 0.287. The van der Waals surface area contributed by atoms with Gasteiger partial charge in [0.2, 0.25) is 5.91 Å². The fourth-order valence-electron chi connectivity index (χ4n) is 3.91. The zero-order chi connectivity index (χ0) is 15.1. The first kappa shape index (κ1) is 16.8. The van der Waals surface area contributed by atoms with E-state index in [0.29, 0.717) is 5.91 Å². The van der Waals surface area contributed by atoms with Crippen LogP contribution in [0.15, 0.2) is 0 Å². The van der Waals surface area contributed by atoms with Gasteiger partial charge in [-0.25, -0.2) is 0 Å². The lowest BCUT2D eigenvalue weighted by Gasteiger charge is -2.36. The van der Waals surface area contributed by atoms with E-state index in [-0.39, 0.29) is 5.92 Å². The number of carbonyl (C=O) groups excluding carboxylic acids is 1. The van der Waals surface area contributed by atoms with Crippen LogP contribution >= 0.6 is 0 Å². The van der Waals surface area contributed by atoms with Crippen molar-refractivity contribution in [3.8, 4) is 0 Å². The van der Waals surface area contributed by atoms with E-state index in [1.54, 1.807) is 0 Å². The SMILES string of the molecule is CCCCN(C)C(=O)C1CCN(CC2CCCCC2)CC1. The van der Waals surface area contributed by atoms with E-state index < -0.39 is 0 Å². The summed E-state index contributed by atoms with van der Waals surface area (Å²) in [6.07, 6.45) is 11.6. The van der Waals surface area contributed by atoms with Crippen molar-refractivity contribution in [2.24, 2.45) is 11.8 Å². The zero-order valence-electron chi connectivity index (χ0n) is 14.1. The van der Waals surface area contributed by atoms with Gasteiger partial charge in [0, 0.05) is 26.1 Å². The van der Waals surface area contributed by atoms with Crippen LogP contribution in [-0.4, -0.2) is 48.9 Å². The number of rotatable bonds is 6. The molecule has 122 valence electrons. The first-order valence-electron chi connectivity index (χ1n) is 9.18. The Balaban J connectivity index is 1.68. The van der Waals surface area contributed by atoms with Gasteiger partial charge in [0.05, 0.1) is 0 Å². The molecule has 0 bridgehead atoms. The third kappa shape index (κ3) is 5.28. The van der Waals surface area contributed by atoms with E-state index in [1.807, 2.05) is 11.9 Å². The molecule has 0 aromatic heterocycles. The minimum atomic E-state index is 0.287. The van der Waals surface area contributed by atoms with Gasteiger partial charge in [-0.1, -0.05) is 32.6 Å². The number of hydrogen-bond donors (Lipinski definition) is 0. The van der Waals surface area contributed by atoms with Crippen molar-refractivity contribution in [2.75, 3.05) is 33.2 Å². The lowest BCUT2D eigenvalue weighted by molar-refractivity contribution is -0.135. The quantitative estimate of drug-likeness (QED) is 0.748. The first-order valence-corrected chi connectivity index (χ1v) is 9.18. The first-order chi connectivity index (χ1) is 10.2. The van der Waals surface area contributed by atoms with Crippen LogP contribution in [0, 0.1) is 11.8 Å². The van der Waals surface area contributed by atoms with Crippen molar-refractivity contribution in [3.05, 3.63) is 0 Å². The Morgan fingerprint density at radius 2 is 1.76 bits per heavy atom. The second kappa shape index (κ2) is 8.77. The van der Waals surface area contributed by atoms with Crippen LogP contribution in [0.1, 0.15) is 64.7 Å². The highest BCUT2D eigenvalue weighted by Crippen LogP contribution is 2.26. The summed E-state index contributed by atoms with van der Waals surface area (Å²) in [5.41, 5.74) is 0. The van der Waals surface area contributed by atoms with Gasteiger partial charge >= 0.3 is 0 Å². The van der Waals surface area contributed by atoms with Gasteiger partial charge in [-0.15, -0.1) is 0 Å². The maximum absolute atomic E-state index is 12.4. The normalized spacial score (nSPS) is 22.4. The molecule has 0 radical (unpaired) electrons. The van der Waals surface area contributed by atoms with Crippen LogP contribution in [0.4, 0.5) is 0 Å². The monoisotopic (exact) mass is 294 g/mol. The van der Waals surface area contributed by atoms with Gasteiger partial charge in [0.15, 0.2) is 0 Å². The van der Waals surface area contributed by atoms with Gasteiger partial charge in [-0.05, 0) is 51.1 Å². The van der Waals surface area contributed by atoms with E-state index >= 15 is 0 Å². The van der Waals surface area contributed by atoms with Crippen molar-refractivity contribution in [2.45, 2.75) is 64.7 Å². The summed E-state index contributed by atoms with van der Waals surface area (Å²) < 4.78 is 0. The molecular weight excluding hydrogens is 260 g/mol. The molecule has 3 heteroatoms. The van der Waals surface area contributed by atoms with Crippen molar-refractivity contribution in [1.29, 1.82) is 0 Å². The van der Waals surface area contributed by atoms with Crippen LogP contribution < -0.4 is 0 Å². The maximum atomic E-state index is 12.4. The van der Waals surface area contributed by atoms with E-state index in [4.69, 9.17) is 0 Å². The predicted octanol–water partition coefficient (Wildman–Crippen LogP) is 3.54. The largest absolute Gasteiger partial charge is 0.346 e. The molecule has 2 fully saturated rings. The summed E-state index contributed by atoms with van der Waals surface area (Å²) in [5, 5.41) is 0. The van der Waals surface area contributed by atoms with Crippen LogP contribution in [0.25, 0.3) is 0 Å². The standard InChI is InChI=1S/C18H34N2O/c1-3-4-12-19(2)18(21)17-10-13-20(14-11-17)15-16-8-6-5-7-9-16/h16-17H,3-15H2,1-2H3. The Bertz CT molecular complexity index is 304. The van der Waals surface area contributed by atoms with Crippen LogP contribution in [0.5, 0.6) is 0 Å². The van der Waals surface area contributed by atoms with Gasteiger partial charge < -0.3 is 9.80 Å². The molecule has 1 heterocycles. The summed E-state index contributed by atoms with van der Waals surface area (Å²) in [4.78, 5) is 17.0. The third-order valence-corrected chi connectivity index (χ3v) is 5.40. The molecule has 0 aromatic carbocycles. The van der Waals surface area contributed by atoms with E-state index in [1.165, 1.54) is 38.6 Å². The fraction of sp³-hybridized carbons (Fsp3) is 0.944. The van der Waals surface area contributed by atoms with Gasteiger partial charge in [0.25, 0.3) is 0 Å². The highest BCUT2D eigenvalue weighted by molar-refractivity contribution is 5.78. The van der Waals surface area contributed by atoms with Gasteiger partial charge in [0.1, 0.15) is 0 Å². The predicted molar refractivity (Wildman–Crippen MR) is 88.3 cm³/mol. The molecule has 2 aliphatic rings. The van der Waals surface area contributed by atoms with Crippen molar-refractivity contribution < 1.29 is 4.79 Å². The maximum Gasteiger partial charge on any atom is 0.225 e. The van der Waals surface area contributed by atoms with Gasteiger partial charge in [-0.2, -0.15) is 0 Å². The number of amides is 1. The summed E-state index contributed by atoms with van der Waals surface area (Å²) in [6, 6.07) is 0. The van der Waals surface area contributed by atoms with Gasteiger partial charge in [-0.3, -0.25) is 4.79 Å². The molecule has 21 heavy (non-hydrogen) atoms. The van der Waals surface area contributed by atoms with Crippen molar-refractivity contribution in [1.82, 2.24) is 9.80 Å². The molecule has 0 atom stereocenters. The van der Waals surface area contributed by atoms with Crippen LogP contribution in [0.3, 0.4) is 0 Å². The highest BCUT2D eigenvalue weighted by Gasteiger charge is 2.28. The van der Waals surface area contributed by atoms with Crippen molar-refractivity contribution >= 4 is 5.91 Å². The number of nitrogens with zero attached hydrogens (tertiary/aromatic N) is 2. The lowest BCUT2D eigenvalue weighted by atomic mass is 9.87. The second-order valence-corrected chi connectivity index (χ2v) is 7.19. The zero-order valence-corrected chi connectivity index (χ0v) is 14.1. The Morgan fingerprint density at radius 3 is 2.38 bits per heavy atom. The molecule has 0 spiro atoms. The van der Waals surface area contributed by atoms with Crippen LogP contribution in [0.2, 0.25) is 0 Å². The molecule has 1 saturated heterocycles. The molecule has 0 N–H and O–H groups in total. The van der Waals surface area contributed by atoms with E-state index in [2.05, 4.69) is 11.8 Å². The highest BCUT2D eigenvalue weighted by atomic mass is 16.2. The lowest BCUT2D eigenvalue weighted by Crippen LogP contribution is -2.43. The molecule has 1 aliphatic carbocycles. The Morgan fingerprint density at radius 1 is 1.10 bits per heavy atom. The Labute approximate surface area is 131 Å². The molecule has 1 aliphatic heterocycles. The molecule has 3 nitrogen and oxygen atoms in total. The number of piperidine rings is 1. The third-order valence-electron chi connectivity index (χ3n) is 5.40. The number of unbranched alkanes of at least 4 members (excludes halogenated alkanes) is 1. The minimum Gasteiger partial charge on any atom is -0.346 e. The molecule has 0 aromatic rings. The second-order valence-electron chi connectivity index (χ2n) is 7.19. The molecular formula is C18H34N2O. The Hall–Kier alpha value is -0.570. The number of likely N-dealkylation sites (tertiary alicyclic amines) is 1. The van der Waals surface area contributed by atoms with E-state index in [0.717, 1.165) is 51.2 Å². The molecule has 2 rings (SSSR count). The van der Waals surface area contributed by atoms with Crippen LogP contribution in [-0.2, 0) is 4.79 Å². The summed E-state index contributed by atoms with van der Waals surface area (Å²) in [7, 11) is 1.98. The number of hydrogen-bond acceptors (Lipinski definition) is 2. The smallest absolute Gasteiger partial charge is 0.225 e. The summed E-state index contributed by atoms with van der Waals surface area (Å²) in [6.45, 7) is 6.66. The molecule has 1 amide bonds. The summed E-state index contributed by atoms with van der Waals surface area (Å²) in [5.74, 6) is 1.61. The van der Waals surface area contributed by atoms with Crippen molar-refractivity contribution in [3.63, 3.8) is 0 Å². The molecule has 0 unspecified atom stereocenters. The topological polar surface area (TPSA) is 23.6 Å². The molecule has 1 saturated carbocycles. The average Bonchev–Trinajstić information content (AvgIpc) is 2.53. The fourth-order valence-corrected chi connectivity index (χ4v) is 3.91.